The van der Waals surface area contributed by atoms with Crippen LogP contribution in [0.25, 0.3) is 33.3 Å². The Morgan fingerprint density at radius 2 is 1.81 bits per heavy atom. The number of rotatable bonds is 7. The molecule has 0 unspecified atom stereocenters. The summed E-state index contributed by atoms with van der Waals surface area (Å²) >= 11 is 0. The molecule has 2 aliphatic rings. The number of hydrazine groups is 1. The zero-order valence-electron chi connectivity index (χ0n) is 32.8. The first-order chi connectivity index (χ1) is 27.2. The number of hydrogen-bond acceptors (Lipinski definition) is 10. The highest BCUT2D eigenvalue weighted by atomic mass is 32.2. The lowest BCUT2D eigenvalue weighted by Crippen LogP contribution is -2.60. The molecule has 5 aromatic rings. The molecular formula is C43H49N5O8S. The van der Waals surface area contributed by atoms with Crippen LogP contribution in [0.1, 0.15) is 63.5 Å². The number of aromatic nitrogens is 2. The van der Waals surface area contributed by atoms with Gasteiger partial charge in [-0.1, -0.05) is 26.0 Å². The van der Waals surface area contributed by atoms with Crippen LogP contribution in [0.2, 0.25) is 0 Å². The molecule has 0 radical (unpaired) electrons. The Morgan fingerprint density at radius 3 is 2.54 bits per heavy atom. The van der Waals surface area contributed by atoms with Crippen LogP contribution in [0.3, 0.4) is 0 Å². The fraction of sp³-hybridized carbons (Fsp3) is 0.372. The number of phenols is 2. The predicted molar refractivity (Wildman–Crippen MR) is 216 cm³/mol. The van der Waals surface area contributed by atoms with Gasteiger partial charge in [-0.25, -0.2) is 13.8 Å². The number of hydrogen-bond donors (Lipinski definition) is 4. The highest BCUT2D eigenvalue weighted by Crippen LogP contribution is 2.42. The van der Waals surface area contributed by atoms with Gasteiger partial charge in [0.15, 0.2) is 0 Å². The first kappa shape index (κ1) is 39.9. The van der Waals surface area contributed by atoms with Gasteiger partial charge < -0.3 is 24.3 Å². The number of carbonyl (C=O) groups excluding carboxylic acids is 2. The molecule has 13 nitrogen and oxygen atoms in total. The summed E-state index contributed by atoms with van der Waals surface area (Å²) in [4.78, 5) is 32.6. The molecule has 1 amide bonds. The quantitative estimate of drug-likeness (QED) is 0.143. The number of aryl methyl sites for hydroxylation is 1. The summed E-state index contributed by atoms with van der Waals surface area (Å²) in [5, 5.41) is 23.2. The van der Waals surface area contributed by atoms with E-state index in [0.717, 1.165) is 39.0 Å². The van der Waals surface area contributed by atoms with E-state index in [4.69, 9.17) is 14.5 Å². The molecule has 3 atom stereocenters. The van der Waals surface area contributed by atoms with Crippen LogP contribution < -0.4 is 10.1 Å². The Bertz CT molecular complexity index is 2430. The monoisotopic (exact) mass is 795 g/mol. The lowest BCUT2D eigenvalue weighted by Gasteiger charge is -2.35. The van der Waals surface area contributed by atoms with Crippen molar-refractivity contribution in [2.45, 2.75) is 83.0 Å². The summed E-state index contributed by atoms with van der Waals surface area (Å²) in [7, 11) is -2.61. The molecule has 1 saturated heterocycles. The first-order valence-corrected chi connectivity index (χ1v) is 20.7. The molecule has 57 heavy (non-hydrogen) atoms. The molecule has 2 aromatic heterocycles. The smallest absolute Gasteiger partial charge is 0.324 e. The van der Waals surface area contributed by atoms with Gasteiger partial charge in [-0.05, 0) is 122 Å². The molecule has 0 saturated carbocycles. The van der Waals surface area contributed by atoms with Gasteiger partial charge in [0.1, 0.15) is 23.6 Å². The van der Waals surface area contributed by atoms with Crippen LogP contribution in [0.4, 0.5) is 0 Å². The van der Waals surface area contributed by atoms with E-state index in [1.54, 1.807) is 19.4 Å². The third-order valence-corrected chi connectivity index (χ3v) is 12.3. The van der Waals surface area contributed by atoms with Crippen LogP contribution in [-0.2, 0) is 48.5 Å². The van der Waals surface area contributed by atoms with Crippen molar-refractivity contribution in [3.8, 4) is 33.9 Å². The highest BCUT2D eigenvalue weighted by molar-refractivity contribution is 7.89. The average molecular weight is 796 g/mol. The number of pyridine rings is 1. The van der Waals surface area contributed by atoms with Gasteiger partial charge in [0, 0.05) is 48.3 Å². The van der Waals surface area contributed by atoms with Crippen molar-refractivity contribution in [2.75, 3.05) is 20.3 Å². The Kier molecular flexibility index (Phi) is 11.2. The number of aromatic hydroxyl groups is 2. The SMILES string of the molecule is CCn1c(-c2cccnc2[C@H](C)OC)c2c3cc(ccc31)-c1cc(O)cc(c1)C[C@H](NS(=O)(=O)c1ccc(O)cc1)C(=O)N1CCC[C@H](N1)C(=O)OCC(C)(C)C2. The number of carbonyl (C=O) groups is 2. The number of sulfonamides is 1. The van der Waals surface area contributed by atoms with E-state index < -0.39 is 39.4 Å². The normalized spacial score (nSPS) is 19.6. The van der Waals surface area contributed by atoms with Crippen molar-refractivity contribution >= 4 is 32.8 Å². The lowest BCUT2D eigenvalue weighted by atomic mass is 9.84. The summed E-state index contributed by atoms with van der Waals surface area (Å²) in [6, 6.07) is 18.0. The fourth-order valence-corrected chi connectivity index (χ4v) is 9.12. The van der Waals surface area contributed by atoms with Gasteiger partial charge in [-0.2, -0.15) is 4.72 Å². The number of fused-ring (bicyclic) bond motifs is 6. The second-order valence-electron chi connectivity index (χ2n) is 15.6. The Balaban J connectivity index is 1.40. The molecule has 14 heteroatoms. The number of cyclic esters (lactones) is 1. The predicted octanol–water partition coefficient (Wildman–Crippen LogP) is 6.02. The molecule has 1 fully saturated rings. The number of esters is 1. The van der Waals surface area contributed by atoms with Crippen molar-refractivity contribution in [2.24, 2.45) is 5.41 Å². The summed E-state index contributed by atoms with van der Waals surface area (Å²) in [6.07, 6.45) is 2.79. The molecule has 0 spiro atoms. The summed E-state index contributed by atoms with van der Waals surface area (Å²) < 4.78 is 44.0. The van der Waals surface area contributed by atoms with Gasteiger partial charge in [0.2, 0.25) is 10.0 Å². The van der Waals surface area contributed by atoms with E-state index in [1.807, 2.05) is 25.1 Å². The minimum absolute atomic E-state index is 0.0507. The number of amides is 1. The maximum atomic E-state index is 14.3. The first-order valence-electron chi connectivity index (χ1n) is 19.2. The van der Waals surface area contributed by atoms with Crippen LogP contribution in [0.5, 0.6) is 11.5 Å². The second-order valence-corrected chi connectivity index (χ2v) is 17.4. The van der Waals surface area contributed by atoms with Crippen molar-refractivity contribution < 1.29 is 37.7 Å². The third-order valence-electron chi connectivity index (χ3n) is 10.8. The third kappa shape index (κ3) is 8.26. The summed E-state index contributed by atoms with van der Waals surface area (Å²) in [5.41, 5.74) is 9.23. The van der Waals surface area contributed by atoms with E-state index in [1.165, 1.54) is 35.3 Å². The zero-order chi connectivity index (χ0) is 40.6. The topological polar surface area (TPSA) is 172 Å². The summed E-state index contributed by atoms with van der Waals surface area (Å²) in [5.74, 6) is -1.27. The number of phenolic OH excluding ortho intramolecular Hbond substituents is 2. The number of methoxy groups -OCH3 is 1. The molecule has 300 valence electrons. The van der Waals surface area contributed by atoms with Gasteiger partial charge in [0.05, 0.1) is 29.0 Å². The van der Waals surface area contributed by atoms with Gasteiger partial charge in [-0.15, -0.1) is 0 Å². The maximum Gasteiger partial charge on any atom is 0.324 e. The number of benzene rings is 3. The second kappa shape index (κ2) is 15.9. The van der Waals surface area contributed by atoms with Crippen LogP contribution in [0.15, 0.2) is 83.9 Å². The average Bonchev–Trinajstić information content (AvgIpc) is 3.50. The Morgan fingerprint density at radius 1 is 1.04 bits per heavy atom. The Labute approximate surface area is 332 Å². The van der Waals surface area contributed by atoms with E-state index in [0.29, 0.717) is 36.9 Å². The van der Waals surface area contributed by atoms with Crippen molar-refractivity contribution in [3.05, 3.63) is 95.8 Å². The highest BCUT2D eigenvalue weighted by Gasteiger charge is 2.36. The van der Waals surface area contributed by atoms with Gasteiger partial charge in [-0.3, -0.25) is 19.6 Å². The number of nitrogens with zero attached hydrogens (tertiary/aromatic N) is 3. The van der Waals surface area contributed by atoms with Gasteiger partial charge in [0.25, 0.3) is 5.91 Å². The molecule has 7 rings (SSSR count). The minimum atomic E-state index is -4.27. The van der Waals surface area contributed by atoms with E-state index in [-0.39, 0.29) is 42.1 Å². The van der Waals surface area contributed by atoms with Crippen LogP contribution in [-0.4, -0.2) is 77.4 Å². The Hall–Kier alpha value is -5.28. The van der Waals surface area contributed by atoms with E-state index in [2.05, 4.69) is 53.7 Å². The van der Waals surface area contributed by atoms with E-state index in [9.17, 15) is 28.2 Å². The van der Waals surface area contributed by atoms with Crippen LogP contribution in [0, 0.1) is 5.41 Å². The number of nitrogens with one attached hydrogen (secondary N) is 2. The molecule has 6 bridgehead atoms. The molecule has 0 aliphatic carbocycles. The van der Waals surface area contributed by atoms with Crippen LogP contribution >= 0.6 is 0 Å². The minimum Gasteiger partial charge on any atom is -0.508 e. The lowest BCUT2D eigenvalue weighted by molar-refractivity contribution is -0.155. The summed E-state index contributed by atoms with van der Waals surface area (Å²) in [6.45, 7) is 9.16. The molecular weight excluding hydrogens is 747 g/mol. The zero-order valence-corrected chi connectivity index (χ0v) is 33.6. The van der Waals surface area contributed by atoms with Crippen molar-refractivity contribution in [3.63, 3.8) is 0 Å². The standard InChI is InChI=1S/C43H49N5O8S/c1-6-47-38-16-11-28-23-34(38)35(40(47)33-9-7-17-44-39(33)26(2)55-5)24-43(3,4)25-56-42(52)36-10-8-18-48(45-36)41(51)37(21-27-19-29(28)22-31(50)20-27)46-57(53,54)32-14-12-30(49)13-15-32/h7,9,11-17,19-20,22-23,26,36-37,45-46,49-50H,6,8,10,18,21,24-25H2,1-5H3/t26-,36-,37-/m0/s1. The van der Waals surface area contributed by atoms with E-state index >= 15 is 0 Å². The largest absolute Gasteiger partial charge is 0.508 e. The van der Waals surface area contributed by atoms with Gasteiger partial charge >= 0.3 is 5.97 Å². The molecule has 3 aromatic carbocycles. The molecule has 2 aliphatic heterocycles. The number of ether oxygens (including phenoxy) is 2. The fourth-order valence-electron chi connectivity index (χ4n) is 7.93. The maximum absolute atomic E-state index is 14.3. The molecule has 4 N–H and O–H groups in total. The van der Waals surface area contributed by atoms with Crippen molar-refractivity contribution in [1.82, 2.24) is 24.7 Å². The van der Waals surface area contributed by atoms with Crippen molar-refractivity contribution in [1.29, 1.82) is 0 Å². The molecule has 4 heterocycles.